The summed E-state index contributed by atoms with van der Waals surface area (Å²) < 4.78 is 0. The van der Waals surface area contributed by atoms with Crippen molar-refractivity contribution in [3.05, 3.63) is 0 Å². The first-order chi connectivity index (χ1) is 7.93. The Labute approximate surface area is 190 Å². The van der Waals surface area contributed by atoms with Gasteiger partial charge in [-0.1, -0.05) is 0 Å². The van der Waals surface area contributed by atoms with Crippen LogP contribution in [0.2, 0.25) is 0 Å². The minimum Gasteiger partial charge on any atom is -0.481 e. The Bertz CT molecular complexity index is 188. The van der Waals surface area contributed by atoms with Crippen LogP contribution in [0, 0.1) is 0 Å². The van der Waals surface area contributed by atoms with Crippen molar-refractivity contribution in [2.24, 2.45) is 0 Å². The SMILES string of the molecule is CC(=O)O.CC(=O)O.CC(=O)O.CC(=O)O.O.[Al].[B][B].[Mg].[Rh].[Rh]. The molecule has 0 spiro atoms. The average Bonchev–Trinajstić information content (AvgIpc) is 2.01. The first-order valence-corrected chi connectivity index (χ1v) is 4.04. The maximum atomic E-state index is 9.00. The van der Waals surface area contributed by atoms with E-state index in [0.29, 0.717) is 0 Å². The number of carboxylic acid groups (broad SMARTS) is 4. The van der Waals surface area contributed by atoms with Crippen LogP contribution < -0.4 is 0 Å². The third-order valence-corrected chi connectivity index (χ3v) is 0. The van der Waals surface area contributed by atoms with E-state index in [2.05, 4.69) is 15.5 Å². The first-order valence-electron chi connectivity index (χ1n) is 4.04. The van der Waals surface area contributed by atoms with E-state index in [1.165, 1.54) is 0 Å². The van der Waals surface area contributed by atoms with Crippen LogP contribution in [0.15, 0.2) is 0 Å². The summed E-state index contributed by atoms with van der Waals surface area (Å²) in [6, 6.07) is 0. The molecule has 0 rings (SSSR count). The summed E-state index contributed by atoms with van der Waals surface area (Å²) in [5.74, 6) is -3.33. The van der Waals surface area contributed by atoms with E-state index in [1.807, 2.05) is 0 Å². The fourth-order valence-corrected chi connectivity index (χ4v) is 0. The second kappa shape index (κ2) is 66.5. The molecule has 133 valence electrons. The van der Waals surface area contributed by atoms with Gasteiger partial charge in [-0.3, -0.25) is 19.2 Å². The predicted molar refractivity (Wildman–Crippen MR) is 79.9 cm³/mol. The van der Waals surface area contributed by atoms with Crippen LogP contribution in [0.4, 0.5) is 0 Å². The van der Waals surface area contributed by atoms with E-state index in [-0.39, 0.29) is 84.8 Å². The van der Waals surface area contributed by atoms with Gasteiger partial charge in [-0.2, -0.15) is 0 Å². The summed E-state index contributed by atoms with van der Waals surface area (Å²) >= 11 is 0. The monoisotopic (exact) mass is 537 g/mol. The molecule has 0 saturated carbocycles. The van der Waals surface area contributed by atoms with Crippen molar-refractivity contribution in [2.75, 3.05) is 0 Å². The summed E-state index contributed by atoms with van der Waals surface area (Å²) in [6.07, 6.45) is 0. The first kappa shape index (κ1) is 65.3. The fraction of sp³-hybridized carbons (Fsp3) is 0.500. The van der Waals surface area contributed by atoms with E-state index < -0.39 is 23.9 Å². The molecule has 23 heavy (non-hydrogen) atoms. The molecule has 0 atom stereocenters. The van der Waals surface area contributed by atoms with E-state index >= 15 is 0 Å². The largest absolute Gasteiger partial charge is 0.481 e. The molecule has 0 aliphatic heterocycles. The smallest absolute Gasteiger partial charge is 0.300 e. The van der Waals surface area contributed by atoms with Gasteiger partial charge < -0.3 is 25.9 Å². The minimum atomic E-state index is -0.833. The number of hydrogen-bond acceptors (Lipinski definition) is 4. The molecule has 15 heteroatoms. The second-order valence-electron chi connectivity index (χ2n) is 2.08. The van der Waals surface area contributed by atoms with Crippen molar-refractivity contribution >= 4 is 79.8 Å². The van der Waals surface area contributed by atoms with Crippen molar-refractivity contribution in [3.63, 3.8) is 0 Å². The zero-order chi connectivity index (χ0) is 16.3. The zero-order valence-corrected chi connectivity index (χ0v) is 18.9. The van der Waals surface area contributed by atoms with Crippen LogP contribution in [0.5, 0.6) is 0 Å². The Balaban J connectivity index is -0.0000000110. The van der Waals surface area contributed by atoms with Gasteiger partial charge in [0.1, 0.15) is 0 Å². The molecule has 0 aromatic heterocycles. The molecule has 0 unspecified atom stereocenters. The molecular formula is C8H18AlB2MgO9Rh2. The number of carbonyl (C=O) groups is 4. The maximum Gasteiger partial charge on any atom is 0.300 e. The molecule has 0 heterocycles. The molecule has 0 aliphatic rings. The van der Waals surface area contributed by atoms with Crippen LogP contribution in [0.25, 0.3) is 0 Å². The van der Waals surface area contributed by atoms with Gasteiger partial charge >= 0.3 is 0 Å². The van der Waals surface area contributed by atoms with Gasteiger partial charge in [0.05, 0.1) is 0 Å². The van der Waals surface area contributed by atoms with Crippen molar-refractivity contribution in [1.82, 2.24) is 0 Å². The predicted octanol–water partition coefficient (Wildman–Crippen LogP) is -1.99. The Morgan fingerprint density at radius 2 is 0.609 bits per heavy atom. The standard InChI is InChI=1S/4C2H4O2.Al.B2.Mg.H2O.2Rh/c4*1-2(3)4;;1-2;;;;/h4*1H3,(H,3,4);;;;1H2;;. The van der Waals surface area contributed by atoms with Gasteiger partial charge in [-0.15, -0.1) is 0 Å². The van der Waals surface area contributed by atoms with Gasteiger partial charge in [0.2, 0.25) is 0 Å². The van der Waals surface area contributed by atoms with Gasteiger partial charge in [0.15, 0.2) is 0 Å². The number of carboxylic acids is 4. The topological polar surface area (TPSA) is 181 Å². The third kappa shape index (κ3) is 35700. The van der Waals surface area contributed by atoms with Crippen LogP contribution >= 0.6 is 0 Å². The molecule has 0 aromatic rings. The second-order valence-corrected chi connectivity index (χ2v) is 2.08. The van der Waals surface area contributed by atoms with E-state index in [9.17, 15) is 0 Å². The molecule has 0 amide bonds. The molecule has 6 N–H and O–H groups in total. The van der Waals surface area contributed by atoms with Gasteiger partial charge in [-0.25, -0.2) is 0 Å². The van der Waals surface area contributed by atoms with Gasteiger partial charge in [-0.05, 0) is 0 Å². The molecule has 0 bridgehead atoms. The van der Waals surface area contributed by atoms with E-state index in [0.717, 1.165) is 27.7 Å². The Hall–Kier alpha value is 0.515. The number of rotatable bonds is 0. The van der Waals surface area contributed by atoms with Crippen LogP contribution in [-0.2, 0) is 58.1 Å². The maximum absolute atomic E-state index is 9.00. The Morgan fingerprint density at radius 3 is 0.609 bits per heavy atom. The molecule has 9 nitrogen and oxygen atoms in total. The van der Waals surface area contributed by atoms with Crippen molar-refractivity contribution in [2.45, 2.75) is 27.7 Å². The van der Waals surface area contributed by atoms with Crippen molar-refractivity contribution < 1.29 is 84.0 Å². The molecule has 0 fully saturated rings. The number of aliphatic carboxylic acids is 4. The van der Waals surface area contributed by atoms with E-state index in [4.69, 9.17) is 39.6 Å². The van der Waals surface area contributed by atoms with Crippen LogP contribution in [0.1, 0.15) is 27.7 Å². The fourth-order valence-electron chi connectivity index (χ4n) is 0. The van der Waals surface area contributed by atoms with Crippen LogP contribution in [0.3, 0.4) is 0 Å². The van der Waals surface area contributed by atoms with Crippen molar-refractivity contribution in [1.29, 1.82) is 0 Å². The van der Waals surface area contributed by atoms with Crippen molar-refractivity contribution in [3.8, 4) is 0 Å². The number of hydrogen-bond donors (Lipinski definition) is 4. The Morgan fingerprint density at radius 1 is 0.609 bits per heavy atom. The van der Waals surface area contributed by atoms with Gasteiger partial charge in [0, 0.05) is 123 Å². The zero-order valence-electron chi connectivity index (χ0n) is 13.0. The average molecular weight is 537 g/mol. The normalized spacial score (nSPS) is 4.52. The summed E-state index contributed by atoms with van der Waals surface area (Å²) in [7, 11) is 8.00. The Kier molecular flexibility index (Phi) is 189. The molecule has 0 aromatic carbocycles. The van der Waals surface area contributed by atoms with Crippen LogP contribution in [-0.4, -0.2) is 106 Å². The minimum absolute atomic E-state index is 0. The van der Waals surface area contributed by atoms with E-state index in [1.54, 1.807) is 0 Å². The summed E-state index contributed by atoms with van der Waals surface area (Å²) in [5.41, 5.74) is 0. The molecule has 0 saturated heterocycles. The summed E-state index contributed by atoms with van der Waals surface area (Å²) in [4.78, 5) is 36.0. The third-order valence-electron chi connectivity index (χ3n) is 0. The summed E-state index contributed by atoms with van der Waals surface area (Å²) in [5, 5.41) is 29.7. The molecular weight excluding hydrogens is 519 g/mol. The quantitative estimate of drug-likeness (QED) is 0.257. The van der Waals surface area contributed by atoms with Gasteiger partial charge in [0.25, 0.3) is 23.9 Å². The molecule has 11 radical (unpaired) electrons. The molecule has 0 aliphatic carbocycles. The summed E-state index contributed by atoms with van der Waals surface area (Å²) in [6.45, 7) is 4.33.